The average Bonchev–Trinajstić information content (AvgIpc) is 2.86. The number of carbonyl (C=O) groups is 2. The molecule has 23 heavy (non-hydrogen) atoms. The number of esters is 1. The van der Waals surface area contributed by atoms with Crippen LogP contribution in [0.2, 0.25) is 0 Å². The zero-order valence-corrected chi connectivity index (χ0v) is 13.3. The minimum absolute atomic E-state index is 0.0581. The summed E-state index contributed by atoms with van der Waals surface area (Å²) in [5.74, 6) is -1.19. The molecule has 5 heteroatoms. The molecule has 0 aromatic heterocycles. The van der Waals surface area contributed by atoms with Crippen LogP contribution < -0.4 is 0 Å². The molecule has 0 aliphatic carbocycles. The van der Waals surface area contributed by atoms with Crippen LogP contribution in [-0.2, 0) is 19.1 Å². The molecule has 0 saturated carbocycles. The van der Waals surface area contributed by atoms with Crippen molar-refractivity contribution >= 4 is 17.5 Å². The first-order chi connectivity index (χ1) is 11.1. The molecule has 0 spiro atoms. The molecule has 1 unspecified atom stereocenters. The second-order valence-electron chi connectivity index (χ2n) is 5.49. The summed E-state index contributed by atoms with van der Waals surface area (Å²) in [4.78, 5) is 22.9. The van der Waals surface area contributed by atoms with Gasteiger partial charge in [-0.15, -0.1) is 0 Å². The van der Waals surface area contributed by atoms with Gasteiger partial charge in [-0.1, -0.05) is 50.1 Å². The Morgan fingerprint density at radius 3 is 2.65 bits per heavy atom. The van der Waals surface area contributed by atoms with Crippen molar-refractivity contribution in [2.75, 3.05) is 6.61 Å². The van der Waals surface area contributed by atoms with Gasteiger partial charge in [-0.2, -0.15) is 0 Å². The minimum Gasteiger partial charge on any atom is -0.486 e. The molecular formula is C18H22O5. The number of hydrogen-bond donors (Lipinski definition) is 1. The summed E-state index contributed by atoms with van der Waals surface area (Å²) in [5.41, 5.74) is 1.49. The molecule has 0 amide bonds. The normalized spacial score (nSPS) is 17.3. The Labute approximate surface area is 135 Å². The molecule has 5 nitrogen and oxygen atoms in total. The smallest absolute Gasteiger partial charge is 0.374 e. The van der Waals surface area contributed by atoms with E-state index in [1.165, 1.54) is 0 Å². The first kappa shape index (κ1) is 17.1. The van der Waals surface area contributed by atoms with Crippen LogP contribution in [0, 0.1) is 0 Å². The fourth-order valence-electron chi connectivity index (χ4n) is 2.55. The van der Waals surface area contributed by atoms with E-state index in [4.69, 9.17) is 14.6 Å². The Bertz CT molecular complexity index is 576. The third-order valence-electron chi connectivity index (χ3n) is 3.70. The quantitative estimate of drug-likeness (QED) is 0.558. The summed E-state index contributed by atoms with van der Waals surface area (Å²) in [6.07, 6.45) is 2.59. The summed E-state index contributed by atoms with van der Waals surface area (Å²) < 4.78 is 11.0. The topological polar surface area (TPSA) is 72.8 Å². The lowest BCUT2D eigenvalue weighted by atomic mass is 9.97. The van der Waals surface area contributed by atoms with E-state index in [0.29, 0.717) is 12.2 Å². The van der Waals surface area contributed by atoms with Crippen molar-refractivity contribution in [3.63, 3.8) is 0 Å². The molecule has 0 radical (unpaired) electrons. The van der Waals surface area contributed by atoms with E-state index >= 15 is 0 Å². The summed E-state index contributed by atoms with van der Waals surface area (Å²) in [5, 5.41) is 8.88. The van der Waals surface area contributed by atoms with Crippen molar-refractivity contribution in [1.29, 1.82) is 0 Å². The van der Waals surface area contributed by atoms with Gasteiger partial charge < -0.3 is 14.6 Å². The van der Waals surface area contributed by atoms with E-state index < -0.39 is 18.0 Å². The first-order valence-electron chi connectivity index (χ1n) is 7.98. The second-order valence-corrected chi connectivity index (χ2v) is 5.49. The maximum Gasteiger partial charge on any atom is 0.374 e. The molecule has 2 rings (SSSR count). The monoisotopic (exact) mass is 318 g/mol. The van der Waals surface area contributed by atoms with Gasteiger partial charge in [0.15, 0.2) is 0 Å². The van der Waals surface area contributed by atoms with Gasteiger partial charge in [-0.05, 0) is 18.4 Å². The first-order valence-corrected chi connectivity index (χ1v) is 7.98. The van der Waals surface area contributed by atoms with Gasteiger partial charge in [0.2, 0.25) is 5.76 Å². The standard InChI is InChI=1S/C18H22O5/c1-2-3-7-12-22-17-16(13-8-5-4-6-9-13)14(23-18(17)21)10-11-15(19)20/h4-6,8-9,14H,2-3,7,10-12H2,1H3,(H,19,20). The van der Waals surface area contributed by atoms with Crippen LogP contribution in [0.25, 0.3) is 5.57 Å². The van der Waals surface area contributed by atoms with Crippen molar-refractivity contribution in [1.82, 2.24) is 0 Å². The molecule has 1 aromatic carbocycles. The van der Waals surface area contributed by atoms with Gasteiger partial charge in [-0.3, -0.25) is 4.79 Å². The molecule has 124 valence electrons. The molecule has 1 aromatic rings. The molecule has 1 atom stereocenters. The van der Waals surface area contributed by atoms with Gasteiger partial charge in [0, 0.05) is 12.0 Å². The lowest BCUT2D eigenvalue weighted by Crippen LogP contribution is -2.13. The van der Waals surface area contributed by atoms with Crippen LogP contribution in [0.3, 0.4) is 0 Å². The van der Waals surface area contributed by atoms with E-state index in [9.17, 15) is 9.59 Å². The van der Waals surface area contributed by atoms with E-state index in [0.717, 1.165) is 24.8 Å². The SMILES string of the molecule is CCCCCOC1=C(c2ccccc2)C(CCC(=O)O)OC1=O. The zero-order chi connectivity index (χ0) is 16.7. The predicted molar refractivity (Wildman–Crippen MR) is 85.6 cm³/mol. The third-order valence-corrected chi connectivity index (χ3v) is 3.70. The highest BCUT2D eigenvalue weighted by Crippen LogP contribution is 2.34. The zero-order valence-electron chi connectivity index (χ0n) is 13.3. The van der Waals surface area contributed by atoms with Gasteiger partial charge in [-0.25, -0.2) is 4.79 Å². The third kappa shape index (κ3) is 4.58. The minimum atomic E-state index is -0.911. The highest BCUT2D eigenvalue weighted by molar-refractivity contribution is 6.01. The average molecular weight is 318 g/mol. The number of hydrogen-bond acceptors (Lipinski definition) is 4. The lowest BCUT2D eigenvalue weighted by molar-refractivity contribution is -0.145. The number of carboxylic acid groups (broad SMARTS) is 1. The Morgan fingerprint density at radius 1 is 1.26 bits per heavy atom. The number of unbranched alkanes of at least 4 members (excludes halogenated alkanes) is 2. The van der Waals surface area contributed by atoms with Gasteiger partial charge in [0.25, 0.3) is 0 Å². The number of benzene rings is 1. The van der Waals surface area contributed by atoms with Crippen molar-refractivity contribution in [2.45, 2.75) is 45.1 Å². The van der Waals surface area contributed by atoms with E-state index in [-0.39, 0.29) is 18.6 Å². The Morgan fingerprint density at radius 2 is 2.00 bits per heavy atom. The van der Waals surface area contributed by atoms with Crippen molar-refractivity contribution in [3.05, 3.63) is 41.7 Å². The molecule has 1 aliphatic rings. The molecular weight excluding hydrogens is 296 g/mol. The number of carboxylic acids is 1. The highest BCUT2D eigenvalue weighted by Gasteiger charge is 2.36. The van der Waals surface area contributed by atoms with E-state index in [1.54, 1.807) is 0 Å². The van der Waals surface area contributed by atoms with E-state index in [1.807, 2.05) is 30.3 Å². The van der Waals surface area contributed by atoms with Crippen molar-refractivity contribution in [3.8, 4) is 0 Å². The van der Waals surface area contributed by atoms with E-state index in [2.05, 4.69) is 6.92 Å². The highest BCUT2D eigenvalue weighted by atomic mass is 16.6. The van der Waals surface area contributed by atoms with Gasteiger partial charge >= 0.3 is 11.9 Å². The largest absolute Gasteiger partial charge is 0.486 e. The van der Waals surface area contributed by atoms with Crippen LogP contribution in [-0.4, -0.2) is 29.8 Å². The van der Waals surface area contributed by atoms with Crippen molar-refractivity contribution < 1.29 is 24.2 Å². The molecule has 0 saturated heterocycles. The number of carbonyl (C=O) groups excluding carboxylic acids is 1. The number of ether oxygens (including phenoxy) is 2. The molecule has 0 fully saturated rings. The maximum atomic E-state index is 12.1. The molecule has 1 N–H and O–H groups in total. The lowest BCUT2D eigenvalue weighted by Gasteiger charge is -2.13. The predicted octanol–water partition coefficient (Wildman–Crippen LogP) is 3.39. The van der Waals surface area contributed by atoms with Crippen molar-refractivity contribution in [2.24, 2.45) is 0 Å². The van der Waals surface area contributed by atoms with Crippen LogP contribution in [0.5, 0.6) is 0 Å². The molecule has 0 bridgehead atoms. The van der Waals surface area contributed by atoms with Gasteiger partial charge in [0.05, 0.1) is 6.61 Å². The van der Waals surface area contributed by atoms with Crippen LogP contribution in [0.1, 0.15) is 44.6 Å². The fourth-order valence-corrected chi connectivity index (χ4v) is 2.55. The van der Waals surface area contributed by atoms with Crippen LogP contribution >= 0.6 is 0 Å². The van der Waals surface area contributed by atoms with Crippen LogP contribution in [0.4, 0.5) is 0 Å². The van der Waals surface area contributed by atoms with Crippen LogP contribution in [0.15, 0.2) is 36.1 Å². The Hall–Kier alpha value is -2.30. The maximum absolute atomic E-state index is 12.1. The summed E-state index contributed by atoms with van der Waals surface area (Å²) >= 11 is 0. The molecule has 1 heterocycles. The Balaban J connectivity index is 2.22. The van der Waals surface area contributed by atoms with Gasteiger partial charge in [0.1, 0.15) is 6.10 Å². The number of aliphatic carboxylic acids is 1. The number of cyclic esters (lactones) is 1. The Kier molecular flexibility index (Phi) is 6.20. The number of rotatable bonds is 9. The summed E-state index contributed by atoms with van der Waals surface area (Å²) in [6.45, 7) is 2.56. The molecule has 1 aliphatic heterocycles. The fraction of sp³-hybridized carbons (Fsp3) is 0.444. The summed E-state index contributed by atoms with van der Waals surface area (Å²) in [6, 6.07) is 9.37. The second kappa shape index (κ2) is 8.36. The summed E-state index contributed by atoms with van der Waals surface area (Å²) in [7, 11) is 0.